The van der Waals surface area contributed by atoms with Gasteiger partial charge in [-0.25, -0.2) is 8.78 Å². The van der Waals surface area contributed by atoms with Crippen molar-refractivity contribution in [1.29, 1.82) is 0 Å². The normalized spacial score (nSPS) is 18.6. The molecule has 132 valence electrons. The number of hydrogen-bond acceptors (Lipinski definition) is 3. The van der Waals surface area contributed by atoms with Crippen molar-refractivity contribution in [3.05, 3.63) is 65.2 Å². The first kappa shape index (κ1) is 17.4. The first-order valence-electron chi connectivity index (χ1n) is 8.10. The number of benzene rings is 2. The summed E-state index contributed by atoms with van der Waals surface area (Å²) in [5, 5.41) is 13.0. The van der Waals surface area contributed by atoms with E-state index in [1.807, 2.05) is 24.3 Å². The molecule has 0 spiro atoms. The van der Waals surface area contributed by atoms with Crippen LogP contribution >= 0.6 is 0 Å². The van der Waals surface area contributed by atoms with Crippen LogP contribution in [-0.2, 0) is 11.2 Å². The van der Waals surface area contributed by atoms with Gasteiger partial charge in [0.2, 0.25) is 5.91 Å². The standard InChI is InChI=1S/C19H19F2NO3/c1-11(18(23)13-6-7-15(20)16(21)9-13)22-19(24)14-8-12-4-2-3-5-17(12)25-10-14/h2-7,9,11,14,18,23H,8,10H2,1H3,(H,22,24). The molecule has 1 aliphatic heterocycles. The van der Waals surface area contributed by atoms with Crippen molar-refractivity contribution < 1.29 is 23.4 Å². The van der Waals surface area contributed by atoms with Crippen LogP contribution in [0.4, 0.5) is 8.78 Å². The second-order valence-electron chi connectivity index (χ2n) is 6.24. The summed E-state index contributed by atoms with van der Waals surface area (Å²) in [5.41, 5.74) is 1.17. The van der Waals surface area contributed by atoms with E-state index in [1.165, 1.54) is 6.07 Å². The lowest BCUT2D eigenvalue weighted by molar-refractivity contribution is -0.127. The summed E-state index contributed by atoms with van der Waals surface area (Å²) < 4.78 is 31.9. The molecule has 0 saturated heterocycles. The maximum atomic E-state index is 13.3. The fraction of sp³-hybridized carbons (Fsp3) is 0.316. The summed E-state index contributed by atoms with van der Waals surface area (Å²) in [6.07, 6.45) is -0.591. The number of amides is 1. The van der Waals surface area contributed by atoms with E-state index in [1.54, 1.807) is 6.92 Å². The summed E-state index contributed by atoms with van der Waals surface area (Å²) in [5.74, 6) is -1.85. The molecule has 2 aromatic carbocycles. The van der Waals surface area contributed by atoms with Crippen LogP contribution in [0.25, 0.3) is 0 Å². The number of nitrogens with one attached hydrogen (secondary N) is 1. The van der Waals surface area contributed by atoms with Gasteiger partial charge >= 0.3 is 0 Å². The highest BCUT2D eigenvalue weighted by Crippen LogP contribution is 2.27. The average Bonchev–Trinajstić information content (AvgIpc) is 2.62. The maximum absolute atomic E-state index is 13.3. The lowest BCUT2D eigenvalue weighted by Gasteiger charge is -2.27. The number of carbonyl (C=O) groups is 1. The van der Waals surface area contributed by atoms with Gasteiger partial charge in [0.05, 0.1) is 18.1 Å². The Morgan fingerprint density at radius 3 is 2.76 bits per heavy atom. The highest BCUT2D eigenvalue weighted by Gasteiger charge is 2.28. The van der Waals surface area contributed by atoms with Gasteiger partial charge in [-0.1, -0.05) is 24.3 Å². The topological polar surface area (TPSA) is 58.6 Å². The number of hydrogen-bond donors (Lipinski definition) is 2. The molecule has 3 rings (SSSR count). The molecule has 0 fully saturated rings. The van der Waals surface area contributed by atoms with Crippen LogP contribution in [0, 0.1) is 17.6 Å². The maximum Gasteiger partial charge on any atom is 0.227 e. The summed E-state index contributed by atoms with van der Waals surface area (Å²) >= 11 is 0. The van der Waals surface area contributed by atoms with Gasteiger partial charge < -0.3 is 15.2 Å². The van der Waals surface area contributed by atoms with Crippen molar-refractivity contribution in [3.8, 4) is 5.75 Å². The minimum absolute atomic E-state index is 0.205. The Morgan fingerprint density at radius 2 is 2.00 bits per heavy atom. The second-order valence-corrected chi connectivity index (χ2v) is 6.24. The van der Waals surface area contributed by atoms with Crippen molar-refractivity contribution in [3.63, 3.8) is 0 Å². The summed E-state index contributed by atoms with van der Waals surface area (Å²) in [7, 11) is 0. The van der Waals surface area contributed by atoms with E-state index in [-0.39, 0.29) is 24.0 Å². The molecular weight excluding hydrogens is 328 g/mol. The van der Waals surface area contributed by atoms with Gasteiger partial charge in [-0.15, -0.1) is 0 Å². The predicted molar refractivity (Wildman–Crippen MR) is 88.1 cm³/mol. The molecule has 3 atom stereocenters. The minimum atomic E-state index is -1.14. The van der Waals surface area contributed by atoms with Gasteiger partial charge in [-0.3, -0.25) is 4.79 Å². The van der Waals surface area contributed by atoms with Gasteiger partial charge in [0, 0.05) is 0 Å². The number of ether oxygens (including phenoxy) is 1. The van der Waals surface area contributed by atoms with E-state index < -0.39 is 23.8 Å². The largest absolute Gasteiger partial charge is 0.492 e. The SMILES string of the molecule is CC(NC(=O)C1COc2ccccc2C1)C(O)c1ccc(F)c(F)c1. The molecule has 4 nitrogen and oxygen atoms in total. The van der Waals surface area contributed by atoms with Gasteiger partial charge in [0.25, 0.3) is 0 Å². The number of carbonyl (C=O) groups excluding carboxylic acids is 1. The number of halogens is 2. The fourth-order valence-electron chi connectivity index (χ4n) is 2.90. The van der Waals surface area contributed by atoms with Crippen molar-refractivity contribution in [2.24, 2.45) is 5.92 Å². The van der Waals surface area contributed by atoms with Crippen molar-refractivity contribution >= 4 is 5.91 Å². The van der Waals surface area contributed by atoms with E-state index in [0.29, 0.717) is 6.42 Å². The molecule has 2 N–H and O–H groups in total. The average molecular weight is 347 g/mol. The first-order chi connectivity index (χ1) is 12.0. The molecule has 2 aromatic rings. The molecule has 1 amide bonds. The smallest absolute Gasteiger partial charge is 0.227 e. The van der Waals surface area contributed by atoms with Crippen LogP contribution in [-0.4, -0.2) is 23.7 Å². The Kier molecular flexibility index (Phi) is 4.99. The van der Waals surface area contributed by atoms with Crippen LogP contribution in [0.2, 0.25) is 0 Å². The lowest BCUT2D eigenvalue weighted by Crippen LogP contribution is -2.43. The number of para-hydroxylation sites is 1. The number of aliphatic hydroxyl groups is 1. The van der Waals surface area contributed by atoms with Gasteiger partial charge in [-0.2, -0.15) is 0 Å². The van der Waals surface area contributed by atoms with Gasteiger partial charge in [0.1, 0.15) is 12.4 Å². The van der Waals surface area contributed by atoms with E-state index in [2.05, 4.69) is 5.32 Å². The molecule has 3 unspecified atom stereocenters. The Hall–Kier alpha value is -2.47. The van der Waals surface area contributed by atoms with Crippen molar-refractivity contribution in [2.45, 2.75) is 25.5 Å². The van der Waals surface area contributed by atoms with E-state index in [4.69, 9.17) is 4.74 Å². The van der Waals surface area contributed by atoms with E-state index >= 15 is 0 Å². The van der Waals surface area contributed by atoms with Crippen LogP contribution < -0.4 is 10.1 Å². The quantitative estimate of drug-likeness (QED) is 0.894. The molecule has 0 bridgehead atoms. The Balaban J connectivity index is 1.63. The van der Waals surface area contributed by atoms with Crippen molar-refractivity contribution in [1.82, 2.24) is 5.32 Å². The monoisotopic (exact) mass is 347 g/mol. The molecule has 1 heterocycles. The lowest BCUT2D eigenvalue weighted by atomic mass is 9.95. The summed E-state index contributed by atoms with van der Waals surface area (Å²) in [6.45, 7) is 1.87. The third kappa shape index (κ3) is 3.79. The fourth-order valence-corrected chi connectivity index (χ4v) is 2.90. The second kappa shape index (κ2) is 7.19. The molecular formula is C19H19F2NO3. The molecule has 1 aliphatic rings. The van der Waals surface area contributed by atoms with Gasteiger partial charge in [0.15, 0.2) is 11.6 Å². The summed E-state index contributed by atoms with van der Waals surface area (Å²) in [6, 6.07) is 10.1. The van der Waals surface area contributed by atoms with Crippen LogP contribution in [0.3, 0.4) is 0 Å². The molecule has 0 aromatic heterocycles. The third-order valence-corrected chi connectivity index (χ3v) is 4.38. The van der Waals surface area contributed by atoms with E-state index in [0.717, 1.165) is 23.4 Å². The zero-order valence-electron chi connectivity index (χ0n) is 13.7. The number of aliphatic hydroxyl groups excluding tert-OH is 1. The Labute approximate surface area is 144 Å². The first-order valence-corrected chi connectivity index (χ1v) is 8.10. The minimum Gasteiger partial charge on any atom is -0.492 e. The number of fused-ring (bicyclic) bond motifs is 1. The summed E-state index contributed by atoms with van der Waals surface area (Å²) in [4.78, 5) is 12.4. The van der Waals surface area contributed by atoms with Crippen LogP contribution in [0.1, 0.15) is 24.2 Å². The molecule has 25 heavy (non-hydrogen) atoms. The highest BCUT2D eigenvalue weighted by molar-refractivity contribution is 5.80. The van der Waals surface area contributed by atoms with E-state index in [9.17, 15) is 18.7 Å². The van der Waals surface area contributed by atoms with Crippen LogP contribution in [0.15, 0.2) is 42.5 Å². The highest BCUT2D eigenvalue weighted by atomic mass is 19.2. The number of rotatable bonds is 4. The van der Waals surface area contributed by atoms with Gasteiger partial charge in [-0.05, 0) is 42.7 Å². The molecule has 0 radical (unpaired) electrons. The predicted octanol–water partition coefficient (Wildman–Crippen LogP) is 2.75. The van der Waals surface area contributed by atoms with Crippen molar-refractivity contribution in [2.75, 3.05) is 6.61 Å². The molecule has 6 heteroatoms. The zero-order chi connectivity index (χ0) is 18.0. The third-order valence-electron chi connectivity index (χ3n) is 4.38. The molecule has 0 saturated carbocycles. The Bertz CT molecular complexity index is 781. The Morgan fingerprint density at radius 1 is 1.24 bits per heavy atom. The zero-order valence-corrected chi connectivity index (χ0v) is 13.7. The van der Waals surface area contributed by atoms with Crippen LogP contribution in [0.5, 0.6) is 5.75 Å². The molecule has 0 aliphatic carbocycles.